The molecule has 0 amide bonds. The van der Waals surface area contributed by atoms with Crippen molar-refractivity contribution in [3.05, 3.63) is 35.4 Å². The van der Waals surface area contributed by atoms with Crippen molar-refractivity contribution in [3.63, 3.8) is 0 Å². The summed E-state index contributed by atoms with van der Waals surface area (Å²) in [6.07, 6.45) is 5.00. The van der Waals surface area contributed by atoms with Crippen molar-refractivity contribution in [1.29, 1.82) is 0 Å². The maximum Gasteiger partial charge on any atom is 0.214 e. The molecule has 0 N–H and O–H groups in total. The number of piperidine rings is 1. The standard InChI is InChI=1S/C16H23NO2S/c1-2-13-20(18,19)17-11-9-16(10-12-17)8-7-14-5-3-4-6-15(14)16/h3-6H,2,7-13H2,1H3. The molecule has 0 radical (unpaired) electrons. The molecular weight excluding hydrogens is 270 g/mol. The lowest BCUT2D eigenvalue weighted by atomic mass is 9.74. The second-order valence-corrected chi connectivity index (χ2v) is 8.24. The maximum atomic E-state index is 12.2. The highest BCUT2D eigenvalue weighted by atomic mass is 32.2. The number of hydrogen-bond acceptors (Lipinski definition) is 2. The third kappa shape index (κ3) is 2.29. The zero-order chi connectivity index (χ0) is 14.2. The SMILES string of the molecule is CCCS(=O)(=O)N1CCC2(CCc3ccccc32)CC1. The van der Waals surface area contributed by atoms with Crippen molar-refractivity contribution < 1.29 is 8.42 Å². The lowest BCUT2D eigenvalue weighted by Gasteiger charge is -2.39. The fourth-order valence-corrected chi connectivity index (χ4v) is 5.38. The normalized spacial score (nSPS) is 22.1. The molecule has 0 saturated carbocycles. The van der Waals surface area contributed by atoms with E-state index in [1.807, 2.05) is 6.92 Å². The fraction of sp³-hybridized carbons (Fsp3) is 0.625. The molecule has 1 aliphatic carbocycles. The van der Waals surface area contributed by atoms with Gasteiger partial charge >= 0.3 is 0 Å². The average Bonchev–Trinajstić information content (AvgIpc) is 2.79. The predicted molar refractivity (Wildman–Crippen MR) is 81.3 cm³/mol. The highest BCUT2D eigenvalue weighted by Crippen LogP contribution is 2.46. The molecule has 110 valence electrons. The van der Waals surface area contributed by atoms with Crippen LogP contribution in [0.15, 0.2) is 24.3 Å². The molecule has 3 rings (SSSR count). The molecular formula is C16H23NO2S. The molecule has 1 spiro atoms. The van der Waals surface area contributed by atoms with Crippen LogP contribution in [0.3, 0.4) is 0 Å². The Labute approximate surface area is 122 Å². The second-order valence-electron chi connectivity index (χ2n) is 6.15. The minimum atomic E-state index is -3.02. The van der Waals surface area contributed by atoms with Crippen molar-refractivity contribution in [1.82, 2.24) is 4.31 Å². The molecule has 1 aromatic rings. The van der Waals surface area contributed by atoms with Gasteiger partial charge in [-0.15, -0.1) is 0 Å². The van der Waals surface area contributed by atoms with Gasteiger partial charge in [0, 0.05) is 13.1 Å². The Bertz CT molecular complexity index is 586. The van der Waals surface area contributed by atoms with E-state index in [4.69, 9.17) is 0 Å². The van der Waals surface area contributed by atoms with Gasteiger partial charge in [-0.2, -0.15) is 0 Å². The lowest BCUT2D eigenvalue weighted by Crippen LogP contribution is -2.45. The third-order valence-corrected chi connectivity index (χ3v) is 7.07. The first-order chi connectivity index (χ1) is 9.57. The molecule has 0 aromatic heterocycles. The molecule has 1 heterocycles. The zero-order valence-electron chi connectivity index (χ0n) is 12.1. The summed E-state index contributed by atoms with van der Waals surface area (Å²) in [5, 5.41) is 0. The van der Waals surface area contributed by atoms with E-state index in [1.54, 1.807) is 4.31 Å². The van der Waals surface area contributed by atoms with Crippen LogP contribution in [0.2, 0.25) is 0 Å². The third-order valence-electron chi connectivity index (χ3n) is 5.00. The Kier molecular flexibility index (Phi) is 3.63. The fourth-order valence-electron chi connectivity index (χ4n) is 3.86. The van der Waals surface area contributed by atoms with E-state index in [9.17, 15) is 8.42 Å². The number of nitrogens with zero attached hydrogens (tertiary/aromatic N) is 1. The van der Waals surface area contributed by atoms with E-state index >= 15 is 0 Å². The minimum Gasteiger partial charge on any atom is -0.212 e. The number of sulfonamides is 1. The number of aryl methyl sites for hydroxylation is 1. The summed E-state index contributed by atoms with van der Waals surface area (Å²) in [5.41, 5.74) is 3.19. The summed E-state index contributed by atoms with van der Waals surface area (Å²) in [6.45, 7) is 3.31. The molecule has 20 heavy (non-hydrogen) atoms. The van der Waals surface area contributed by atoms with Gasteiger partial charge in [0.15, 0.2) is 0 Å². The first kappa shape index (κ1) is 14.1. The number of fused-ring (bicyclic) bond motifs is 2. The van der Waals surface area contributed by atoms with Gasteiger partial charge in [0.05, 0.1) is 5.75 Å². The molecule has 0 unspecified atom stereocenters. The van der Waals surface area contributed by atoms with Crippen LogP contribution in [0.25, 0.3) is 0 Å². The van der Waals surface area contributed by atoms with Gasteiger partial charge in [-0.1, -0.05) is 31.2 Å². The Morgan fingerprint density at radius 3 is 2.55 bits per heavy atom. The van der Waals surface area contributed by atoms with E-state index in [0.29, 0.717) is 19.5 Å². The highest BCUT2D eigenvalue weighted by molar-refractivity contribution is 7.89. The molecule has 1 aliphatic heterocycles. The van der Waals surface area contributed by atoms with Gasteiger partial charge in [-0.25, -0.2) is 12.7 Å². The van der Waals surface area contributed by atoms with E-state index in [-0.39, 0.29) is 11.2 Å². The van der Waals surface area contributed by atoms with Crippen LogP contribution in [0.5, 0.6) is 0 Å². The molecule has 2 aliphatic rings. The van der Waals surface area contributed by atoms with Crippen molar-refractivity contribution >= 4 is 10.0 Å². The average molecular weight is 293 g/mol. The van der Waals surface area contributed by atoms with Gasteiger partial charge in [0.2, 0.25) is 10.0 Å². The summed E-state index contributed by atoms with van der Waals surface area (Å²) in [5.74, 6) is 0.288. The highest BCUT2D eigenvalue weighted by Gasteiger charge is 2.42. The topological polar surface area (TPSA) is 37.4 Å². The minimum absolute atomic E-state index is 0.245. The zero-order valence-corrected chi connectivity index (χ0v) is 13.0. The predicted octanol–water partition coefficient (Wildman–Crippen LogP) is 2.71. The van der Waals surface area contributed by atoms with Crippen LogP contribution < -0.4 is 0 Å². The van der Waals surface area contributed by atoms with Crippen LogP contribution >= 0.6 is 0 Å². The van der Waals surface area contributed by atoms with Crippen molar-refractivity contribution in [2.45, 2.75) is 44.4 Å². The Morgan fingerprint density at radius 1 is 1.15 bits per heavy atom. The van der Waals surface area contributed by atoms with E-state index in [0.717, 1.165) is 19.3 Å². The Morgan fingerprint density at radius 2 is 1.85 bits per heavy atom. The first-order valence-corrected chi connectivity index (χ1v) is 9.24. The van der Waals surface area contributed by atoms with Crippen LogP contribution in [-0.4, -0.2) is 31.6 Å². The summed E-state index contributed by atoms with van der Waals surface area (Å²) < 4.78 is 26.0. The van der Waals surface area contributed by atoms with Gasteiger partial charge in [-0.3, -0.25) is 0 Å². The molecule has 0 atom stereocenters. The quantitative estimate of drug-likeness (QED) is 0.859. The number of rotatable bonds is 3. The monoisotopic (exact) mass is 293 g/mol. The van der Waals surface area contributed by atoms with Gasteiger partial charge in [-0.05, 0) is 48.6 Å². The van der Waals surface area contributed by atoms with E-state index < -0.39 is 10.0 Å². The molecule has 1 fully saturated rings. The van der Waals surface area contributed by atoms with Crippen LogP contribution in [0.4, 0.5) is 0 Å². The van der Waals surface area contributed by atoms with Gasteiger partial charge in [0.1, 0.15) is 0 Å². The molecule has 3 nitrogen and oxygen atoms in total. The smallest absolute Gasteiger partial charge is 0.212 e. The van der Waals surface area contributed by atoms with E-state index in [2.05, 4.69) is 24.3 Å². The van der Waals surface area contributed by atoms with Crippen molar-refractivity contribution in [3.8, 4) is 0 Å². The van der Waals surface area contributed by atoms with Gasteiger partial charge < -0.3 is 0 Å². The summed E-state index contributed by atoms with van der Waals surface area (Å²) in [6, 6.07) is 8.70. The molecule has 1 aromatic carbocycles. The number of benzene rings is 1. The summed E-state index contributed by atoms with van der Waals surface area (Å²) in [7, 11) is -3.02. The van der Waals surface area contributed by atoms with Crippen LogP contribution in [0, 0.1) is 0 Å². The van der Waals surface area contributed by atoms with Crippen LogP contribution in [0.1, 0.15) is 43.7 Å². The Hall–Kier alpha value is -0.870. The van der Waals surface area contributed by atoms with Crippen LogP contribution in [-0.2, 0) is 21.9 Å². The largest absolute Gasteiger partial charge is 0.214 e. The number of hydrogen-bond donors (Lipinski definition) is 0. The van der Waals surface area contributed by atoms with Gasteiger partial charge in [0.25, 0.3) is 0 Å². The summed E-state index contributed by atoms with van der Waals surface area (Å²) >= 11 is 0. The lowest BCUT2D eigenvalue weighted by molar-refractivity contribution is 0.232. The first-order valence-electron chi connectivity index (χ1n) is 7.64. The maximum absolute atomic E-state index is 12.2. The molecule has 1 saturated heterocycles. The Balaban J connectivity index is 1.77. The molecule has 4 heteroatoms. The van der Waals surface area contributed by atoms with E-state index in [1.165, 1.54) is 17.5 Å². The van der Waals surface area contributed by atoms with Crippen molar-refractivity contribution in [2.24, 2.45) is 0 Å². The van der Waals surface area contributed by atoms with Crippen molar-refractivity contribution in [2.75, 3.05) is 18.8 Å². The second kappa shape index (κ2) is 5.15. The summed E-state index contributed by atoms with van der Waals surface area (Å²) in [4.78, 5) is 0. The molecule has 0 bridgehead atoms.